The van der Waals surface area contributed by atoms with Gasteiger partial charge in [-0.05, 0) is 18.6 Å². The summed E-state index contributed by atoms with van der Waals surface area (Å²) < 4.78 is 0. The van der Waals surface area contributed by atoms with E-state index in [0.717, 1.165) is 5.56 Å². The van der Waals surface area contributed by atoms with E-state index >= 15 is 0 Å². The van der Waals surface area contributed by atoms with E-state index in [0.29, 0.717) is 11.3 Å². The number of nitrogens with zero attached hydrogens (tertiary/aromatic N) is 1. The topological polar surface area (TPSA) is 103 Å². The molecule has 0 radical (unpaired) electrons. The van der Waals surface area contributed by atoms with Crippen LogP contribution in [-0.2, 0) is 26.5 Å². The summed E-state index contributed by atoms with van der Waals surface area (Å²) in [4.78, 5) is 41.3. The smallest absolute Gasteiger partial charge is 0.291 e. The number of amides is 3. The molecule has 4 N–H and O–H groups in total. The summed E-state index contributed by atoms with van der Waals surface area (Å²) in [5, 5.41) is 15.0. The lowest BCUT2D eigenvalue weighted by Crippen LogP contribution is -3.00. The summed E-state index contributed by atoms with van der Waals surface area (Å²) in [5.74, 6) is -2.57. The second kappa shape index (κ2) is 6.23. The van der Waals surface area contributed by atoms with Crippen LogP contribution in [0.25, 0.3) is 0 Å². The summed E-state index contributed by atoms with van der Waals surface area (Å²) in [6.45, 7) is 1.77. The number of likely N-dealkylation sites (tertiary alicyclic amines) is 1. The molecule has 0 aromatic heterocycles. The average Bonchev–Trinajstić information content (AvgIpc) is 3.30. The summed E-state index contributed by atoms with van der Waals surface area (Å²) in [7, 11) is 0. The second-order valence-electron chi connectivity index (χ2n) is 8.11. The predicted molar refractivity (Wildman–Crippen MR) is 103 cm³/mol. The molecule has 148 valence electrons. The zero-order chi connectivity index (χ0) is 20.3. The Morgan fingerprint density at radius 3 is 2.48 bits per heavy atom. The normalized spacial score (nSPS) is 31.2. The van der Waals surface area contributed by atoms with Gasteiger partial charge >= 0.3 is 0 Å². The van der Waals surface area contributed by atoms with Gasteiger partial charge in [0, 0.05) is 5.56 Å². The molecule has 3 amide bonds. The number of imide groups is 1. The van der Waals surface area contributed by atoms with Gasteiger partial charge in [-0.2, -0.15) is 0 Å². The molecule has 3 aliphatic heterocycles. The first-order chi connectivity index (χ1) is 13.9. The Labute approximate surface area is 167 Å². The molecule has 7 heteroatoms. The van der Waals surface area contributed by atoms with Crippen LogP contribution >= 0.6 is 0 Å². The number of benzene rings is 2. The molecular weight excluding hydrogens is 370 g/mol. The van der Waals surface area contributed by atoms with Crippen LogP contribution in [0.3, 0.4) is 0 Å². The van der Waals surface area contributed by atoms with Crippen LogP contribution < -0.4 is 10.6 Å². The molecule has 2 saturated heterocycles. The third-order valence-electron chi connectivity index (χ3n) is 6.54. The summed E-state index contributed by atoms with van der Waals surface area (Å²) in [5.41, 5.74) is 0.963. The number of carbonyl (C=O) groups is 3. The monoisotopic (exact) mass is 392 g/mol. The van der Waals surface area contributed by atoms with Gasteiger partial charge in [0.05, 0.1) is 12.2 Å². The third-order valence-corrected chi connectivity index (χ3v) is 6.54. The van der Waals surface area contributed by atoms with Gasteiger partial charge < -0.3 is 15.7 Å². The Morgan fingerprint density at radius 1 is 1.07 bits per heavy atom. The van der Waals surface area contributed by atoms with Crippen molar-refractivity contribution < 1.29 is 24.8 Å². The molecule has 0 bridgehead atoms. The largest absolute Gasteiger partial charge is 0.387 e. The number of aliphatic hydroxyl groups is 1. The fraction of sp³-hybridized carbons (Fsp3) is 0.318. The van der Waals surface area contributed by atoms with Crippen LogP contribution in [0.4, 0.5) is 5.69 Å². The molecule has 29 heavy (non-hydrogen) atoms. The van der Waals surface area contributed by atoms with Crippen molar-refractivity contribution in [3.63, 3.8) is 0 Å². The van der Waals surface area contributed by atoms with E-state index in [1.807, 2.05) is 48.5 Å². The van der Waals surface area contributed by atoms with Crippen molar-refractivity contribution in [2.45, 2.75) is 31.2 Å². The van der Waals surface area contributed by atoms with E-state index in [4.69, 9.17) is 0 Å². The molecule has 5 atom stereocenters. The maximum absolute atomic E-state index is 13.5. The first kappa shape index (κ1) is 18.0. The van der Waals surface area contributed by atoms with Gasteiger partial charge in [-0.25, -0.2) is 0 Å². The van der Waals surface area contributed by atoms with Crippen LogP contribution in [0, 0.1) is 11.8 Å². The van der Waals surface area contributed by atoms with Crippen molar-refractivity contribution >= 4 is 23.4 Å². The molecule has 2 aromatic rings. The molecule has 3 heterocycles. The first-order valence-electron chi connectivity index (χ1n) is 9.79. The van der Waals surface area contributed by atoms with Crippen molar-refractivity contribution in [3.8, 4) is 0 Å². The summed E-state index contributed by atoms with van der Waals surface area (Å²) in [6, 6.07) is 16.0. The highest BCUT2D eigenvalue weighted by atomic mass is 16.3. The van der Waals surface area contributed by atoms with Gasteiger partial charge in [0.2, 0.25) is 17.4 Å². The zero-order valence-corrected chi connectivity index (χ0v) is 15.9. The van der Waals surface area contributed by atoms with Crippen LogP contribution in [-0.4, -0.2) is 39.9 Å². The van der Waals surface area contributed by atoms with E-state index in [9.17, 15) is 19.5 Å². The highest BCUT2D eigenvalue weighted by molar-refractivity contribution is 6.13. The number of hydrogen-bond donors (Lipinski definition) is 3. The lowest BCUT2D eigenvalue weighted by Gasteiger charge is -2.27. The number of nitrogens with two attached hydrogens (primary N) is 1. The SMILES string of the molecule is C[C@@H](O)[C@@H]1[NH2+][C@]2(C(=O)Nc3ccccc32)[C@@H]2C(=O)N(Cc3ccccc3)C(=O)[C@H]12. The van der Waals surface area contributed by atoms with E-state index in [1.165, 1.54) is 4.90 Å². The van der Waals surface area contributed by atoms with Crippen LogP contribution in [0.5, 0.6) is 0 Å². The van der Waals surface area contributed by atoms with E-state index in [1.54, 1.807) is 18.3 Å². The molecule has 0 aliphatic carbocycles. The molecule has 1 spiro atoms. The minimum atomic E-state index is -1.24. The number of quaternary nitrogens is 1. The quantitative estimate of drug-likeness (QED) is 0.638. The van der Waals surface area contributed by atoms with E-state index in [2.05, 4.69) is 5.32 Å². The van der Waals surface area contributed by atoms with Gasteiger partial charge in [0.15, 0.2) is 0 Å². The number of carbonyl (C=O) groups excluding carboxylic acids is 3. The molecule has 2 aromatic carbocycles. The van der Waals surface area contributed by atoms with Crippen molar-refractivity contribution in [1.29, 1.82) is 0 Å². The van der Waals surface area contributed by atoms with Crippen molar-refractivity contribution in [2.24, 2.45) is 11.8 Å². The lowest BCUT2D eigenvalue weighted by molar-refractivity contribution is -0.738. The van der Waals surface area contributed by atoms with E-state index in [-0.39, 0.29) is 24.3 Å². The third kappa shape index (κ3) is 2.34. The summed E-state index contributed by atoms with van der Waals surface area (Å²) in [6.07, 6.45) is -0.851. The van der Waals surface area contributed by atoms with E-state index < -0.39 is 29.5 Å². The minimum Gasteiger partial charge on any atom is -0.387 e. The van der Waals surface area contributed by atoms with Gasteiger partial charge in [0.25, 0.3) is 5.91 Å². The minimum absolute atomic E-state index is 0.164. The van der Waals surface area contributed by atoms with Crippen molar-refractivity contribution in [3.05, 3.63) is 65.7 Å². The number of nitrogens with one attached hydrogen (secondary N) is 1. The Kier molecular flexibility index (Phi) is 3.88. The summed E-state index contributed by atoms with van der Waals surface area (Å²) >= 11 is 0. The van der Waals surface area contributed by atoms with Gasteiger partial charge in [0.1, 0.15) is 24.0 Å². The number of aliphatic hydroxyl groups excluding tert-OH is 1. The zero-order valence-electron chi connectivity index (χ0n) is 15.9. The number of anilines is 1. The van der Waals surface area contributed by atoms with Crippen LogP contribution in [0.2, 0.25) is 0 Å². The molecule has 5 rings (SSSR count). The number of para-hydroxylation sites is 1. The standard InChI is InChI=1S/C22H21N3O4/c1-12(26)18-16-17(20(28)25(19(16)27)11-13-7-3-2-4-8-13)22(24-18)14-9-5-6-10-15(14)23-21(22)29/h2-10,12,16-18,24,26H,11H2,1H3,(H,23,29)/p+1/t12-,16+,17+,18+,22+/m1/s1. The molecule has 7 nitrogen and oxygen atoms in total. The molecule has 0 unspecified atom stereocenters. The number of rotatable bonds is 3. The van der Waals surface area contributed by atoms with Gasteiger partial charge in [-0.15, -0.1) is 0 Å². The fourth-order valence-corrected chi connectivity index (χ4v) is 5.26. The molecular formula is C22H22N3O4+. The lowest BCUT2D eigenvalue weighted by atomic mass is 9.76. The second-order valence-corrected chi connectivity index (χ2v) is 8.11. The number of fused-ring (bicyclic) bond motifs is 4. The molecule has 3 aliphatic rings. The Hall–Kier alpha value is -3.03. The van der Waals surface area contributed by atoms with Crippen molar-refractivity contribution in [1.82, 2.24) is 4.90 Å². The molecule has 2 fully saturated rings. The Morgan fingerprint density at radius 2 is 1.76 bits per heavy atom. The maximum atomic E-state index is 13.5. The van der Waals surface area contributed by atoms with Crippen molar-refractivity contribution in [2.75, 3.05) is 5.32 Å². The van der Waals surface area contributed by atoms with Gasteiger partial charge in [-0.3, -0.25) is 19.3 Å². The predicted octanol–water partition coefficient (Wildman–Crippen LogP) is -0.0382. The highest BCUT2D eigenvalue weighted by Crippen LogP contribution is 2.49. The molecule has 0 saturated carbocycles. The average molecular weight is 392 g/mol. The van der Waals surface area contributed by atoms with Gasteiger partial charge in [-0.1, -0.05) is 48.5 Å². The number of hydrogen-bond acceptors (Lipinski definition) is 4. The maximum Gasteiger partial charge on any atom is 0.291 e. The van der Waals surface area contributed by atoms with Crippen LogP contribution in [0.1, 0.15) is 18.1 Å². The van der Waals surface area contributed by atoms with Crippen LogP contribution in [0.15, 0.2) is 54.6 Å². The Balaban J connectivity index is 1.62. The Bertz CT molecular complexity index is 1020. The fourth-order valence-electron chi connectivity index (χ4n) is 5.26. The first-order valence-corrected chi connectivity index (χ1v) is 9.79. The highest BCUT2D eigenvalue weighted by Gasteiger charge is 2.74.